The molecule has 1 aromatic rings. The Labute approximate surface area is 88.1 Å². The highest BCUT2D eigenvalue weighted by atomic mass is 79.9. The van der Waals surface area contributed by atoms with E-state index in [1.54, 1.807) is 0 Å². The van der Waals surface area contributed by atoms with Crippen molar-refractivity contribution in [2.45, 2.75) is 26.7 Å². The lowest BCUT2D eigenvalue weighted by molar-refractivity contribution is 1.29. The molecule has 0 saturated carbocycles. The molecule has 1 rings (SSSR count). The van der Waals surface area contributed by atoms with Gasteiger partial charge in [-0.3, -0.25) is 0 Å². The van der Waals surface area contributed by atoms with Gasteiger partial charge in [-0.25, -0.2) is 0 Å². The highest BCUT2D eigenvalue weighted by Gasteiger charge is 1.95. The van der Waals surface area contributed by atoms with Crippen molar-refractivity contribution in [3.8, 4) is 0 Å². The van der Waals surface area contributed by atoms with E-state index in [4.69, 9.17) is 11.6 Å². The van der Waals surface area contributed by atoms with E-state index in [0.717, 1.165) is 4.47 Å². The maximum Gasteiger partial charge on any atom is 0.0477 e. The minimum Gasteiger partial charge on any atom is -0.122 e. The summed E-state index contributed by atoms with van der Waals surface area (Å²) in [5.41, 5.74) is 2.44. The van der Waals surface area contributed by atoms with Gasteiger partial charge in [-0.15, -0.1) is 11.6 Å². The highest BCUT2D eigenvalue weighted by Crippen LogP contribution is 2.17. The Morgan fingerprint density at radius 1 is 1.33 bits per heavy atom. The molecule has 0 aromatic heterocycles. The lowest BCUT2D eigenvalue weighted by Crippen LogP contribution is -1.82. The zero-order valence-electron chi connectivity index (χ0n) is 7.70. The largest absolute Gasteiger partial charge is 0.122 e. The molecule has 2 heteroatoms. The van der Waals surface area contributed by atoms with Crippen LogP contribution in [-0.2, 0) is 5.88 Å². The molecule has 0 radical (unpaired) electrons. The average molecular weight is 250 g/mol. The summed E-state index contributed by atoms with van der Waals surface area (Å²) in [7, 11) is 0. The normalized spacial score (nSPS) is 8.75. The lowest BCUT2D eigenvalue weighted by atomic mass is 10.1. The standard InChI is InChI=1S/C8H8BrCl.C2H6/c1-6-2-3-8(9)4-7(6)5-10;1-2/h2-4H,5H2,1H3;1-2H3. The van der Waals surface area contributed by atoms with Crippen LogP contribution in [0.2, 0.25) is 0 Å². The van der Waals surface area contributed by atoms with Crippen molar-refractivity contribution in [3.05, 3.63) is 33.8 Å². The molecule has 0 aliphatic heterocycles. The third-order valence-electron chi connectivity index (χ3n) is 1.46. The fourth-order valence-electron chi connectivity index (χ4n) is 0.784. The molecule has 0 amide bonds. The van der Waals surface area contributed by atoms with Gasteiger partial charge in [0.05, 0.1) is 0 Å². The predicted octanol–water partition coefficient (Wildman–Crippen LogP) is 4.52. The van der Waals surface area contributed by atoms with E-state index in [0.29, 0.717) is 5.88 Å². The molecular formula is C10H14BrCl. The minimum absolute atomic E-state index is 0.589. The zero-order valence-corrected chi connectivity index (χ0v) is 10.0. The third kappa shape index (κ3) is 3.59. The molecule has 0 fully saturated rings. The van der Waals surface area contributed by atoms with Crippen LogP contribution in [0.4, 0.5) is 0 Å². The summed E-state index contributed by atoms with van der Waals surface area (Å²) in [6.45, 7) is 6.06. The van der Waals surface area contributed by atoms with Crippen LogP contribution in [0, 0.1) is 6.92 Å². The second-order valence-corrected chi connectivity index (χ2v) is 3.39. The minimum atomic E-state index is 0.589. The summed E-state index contributed by atoms with van der Waals surface area (Å²) >= 11 is 9.06. The van der Waals surface area contributed by atoms with Crippen molar-refractivity contribution in [1.29, 1.82) is 0 Å². The van der Waals surface area contributed by atoms with Crippen LogP contribution in [-0.4, -0.2) is 0 Å². The molecule has 12 heavy (non-hydrogen) atoms. The van der Waals surface area contributed by atoms with Crippen molar-refractivity contribution in [3.63, 3.8) is 0 Å². The maximum absolute atomic E-state index is 5.68. The molecular weight excluding hydrogens is 235 g/mol. The van der Waals surface area contributed by atoms with E-state index in [1.807, 2.05) is 26.0 Å². The molecule has 0 atom stereocenters. The molecule has 0 spiro atoms. The third-order valence-corrected chi connectivity index (χ3v) is 2.24. The van der Waals surface area contributed by atoms with Gasteiger partial charge in [0.1, 0.15) is 0 Å². The Bertz CT molecular complexity index is 233. The number of rotatable bonds is 1. The molecule has 0 nitrogen and oxygen atoms in total. The Morgan fingerprint density at radius 3 is 2.33 bits per heavy atom. The number of benzene rings is 1. The monoisotopic (exact) mass is 248 g/mol. The molecule has 0 N–H and O–H groups in total. The first kappa shape index (κ1) is 12.0. The predicted molar refractivity (Wildman–Crippen MR) is 59.8 cm³/mol. The smallest absolute Gasteiger partial charge is 0.0477 e. The Kier molecular flexibility index (Phi) is 6.49. The van der Waals surface area contributed by atoms with E-state index in [9.17, 15) is 0 Å². The summed E-state index contributed by atoms with van der Waals surface area (Å²) in [6, 6.07) is 6.12. The summed E-state index contributed by atoms with van der Waals surface area (Å²) in [5.74, 6) is 0.589. The number of alkyl halides is 1. The molecule has 0 bridgehead atoms. The van der Waals surface area contributed by atoms with Gasteiger partial charge in [-0.2, -0.15) is 0 Å². The van der Waals surface area contributed by atoms with Crippen LogP contribution in [0.3, 0.4) is 0 Å². The summed E-state index contributed by atoms with van der Waals surface area (Å²) in [5, 5.41) is 0. The first-order chi connectivity index (χ1) is 5.74. The quantitative estimate of drug-likeness (QED) is 0.642. The van der Waals surface area contributed by atoms with Gasteiger partial charge < -0.3 is 0 Å². The van der Waals surface area contributed by atoms with Crippen molar-refractivity contribution in [1.82, 2.24) is 0 Å². The number of aryl methyl sites for hydroxylation is 1. The van der Waals surface area contributed by atoms with Gasteiger partial charge in [0.25, 0.3) is 0 Å². The van der Waals surface area contributed by atoms with Gasteiger partial charge in [0.15, 0.2) is 0 Å². The van der Waals surface area contributed by atoms with Crippen LogP contribution >= 0.6 is 27.5 Å². The molecule has 68 valence electrons. The summed E-state index contributed by atoms with van der Waals surface area (Å²) in [6.07, 6.45) is 0. The van der Waals surface area contributed by atoms with Gasteiger partial charge in [-0.05, 0) is 30.2 Å². The summed E-state index contributed by atoms with van der Waals surface area (Å²) < 4.78 is 1.09. The van der Waals surface area contributed by atoms with Gasteiger partial charge in [0, 0.05) is 10.4 Å². The highest BCUT2D eigenvalue weighted by molar-refractivity contribution is 9.10. The fourth-order valence-corrected chi connectivity index (χ4v) is 1.48. The van der Waals surface area contributed by atoms with Crippen LogP contribution in [0.5, 0.6) is 0 Å². The van der Waals surface area contributed by atoms with Gasteiger partial charge in [0.2, 0.25) is 0 Å². The average Bonchev–Trinajstić information content (AvgIpc) is 2.13. The van der Waals surface area contributed by atoms with Crippen molar-refractivity contribution in [2.75, 3.05) is 0 Å². The van der Waals surface area contributed by atoms with E-state index >= 15 is 0 Å². The van der Waals surface area contributed by atoms with E-state index in [-0.39, 0.29) is 0 Å². The SMILES string of the molecule is CC.Cc1ccc(Br)cc1CCl. The molecule has 1 aromatic carbocycles. The number of hydrogen-bond acceptors (Lipinski definition) is 0. The number of hydrogen-bond donors (Lipinski definition) is 0. The zero-order chi connectivity index (χ0) is 9.56. The molecule has 0 aliphatic carbocycles. The molecule has 0 aliphatic rings. The van der Waals surface area contributed by atoms with Crippen LogP contribution in [0.25, 0.3) is 0 Å². The second kappa shape index (κ2) is 6.50. The Balaban J connectivity index is 0.000000561. The molecule has 0 saturated heterocycles. The van der Waals surface area contributed by atoms with Crippen molar-refractivity contribution in [2.24, 2.45) is 0 Å². The Morgan fingerprint density at radius 2 is 1.92 bits per heavy atom. The first-order valence-corrected chi connectivity index (χ1v) is 5.38. The summed E-state index contributed by atoms with van der Waals surface area (Å²) in [4.78, 5) is 0. The molecule has 0 heterocycles. The topological polar surface area (TPSA) is 0 Å². The maximum atomic E-state index is 5.68. The van der Waals surface area contributed by atoms with E-state index in [2.05, 4.69) is 28.9 Å². The van der Waals surface area contributed by atoms with Gasteiger partial charge in [-0.1, -0.05) is 35.8 Å². The fraction of sp³-hybridized carbons (Fsp3) is 0.400. The van der Waals surface area contributed by atoms with Crippen molar-refractivity contribution >= 4 is 27.5 Å². The number of halogens is 2. The van der Waals surface area contributed by atoms with Crippen LogP contribution < -0.4 is 0 Å². The molecule has 0 unspecified atom stereocenters. The van der Waals surface area contributed by atoms with Crippen LogP contribution in [0.15, 0.2) is 22.7 Å². The van der Waals surface area contributed by atoms with E-state index in [1.165, 1.54) is 11.1 Å². The lowest BCUT2D eigenvalue weighted by Gasteiger charge is -2.00. The first-order valence-electron chi connectivity index (χ1n) is 4.05. The second-order valence-electron chi connectivity index (χ2n) is 2.20. The van der Waals surface area contributed by atoms with E-state index < -0.39 is 0 Å². The van der Waals surface area contributed by atoms with Crippen molar-refractivity contribution < 1.29 is 0 Å². The van der Waals surface area contributed by atoms with Crippen LogP contribution in [0.1, 0.15) is 25.0 Å². The Hall–Kier alpha value is -0.0100. The van der Waals surface area contributed by atoms with Gasteiger partial charge >= 0.3 is 0 Å².